The Morgan fingerprint density at radius 2 is 1.86 bits per heavy atom. The minimum absolute atomic E-state index is 0.402. The summed E-state index contributed by atoms with van der Waals surface area (Å²) in [5, 5.41) is 22.3. The lowest BCUT2D eigenvalue weighted by Gasteiger charge is -2.24. The topological polar surface area (TPSA) is 114 Å². The summed E-state index contributed by atoms with van der Waals surface area (Å²) in [5.41, 5.74) is 7.18. The summed E-state index contributed by atoms with van der Waals surface area (Å²) in [7, 11) is 0. The quantitative estimate of drug-likeness (QED) is 0.365. The van der Waals surface area contributed by atoms with Crippen molar-refractivity contribution in [3.05, 3.63) is 62.7 Å². The molecule has 0 aromatic heterocycles. The summed E-state index contributed by atoms with van der Waals surface area (Å²) in [5.74, 6) is -1.04. The number of hydrogen-bond donors (Lipinski definition) is 4. The van der Waals surface area contributed by atoms with Crippen molar-refractivity contribution in [2.45, 2.75) is 32.4 Å². The zero-order chi connectivity index (χ0) is 20.7. The van der Waals surface area contributed by atoms with Crippen LogP contribution in [0.2, 0.25) is 0 Å². The molecule has 7 nitrogen and oxygen atoms in total. The van der Waals surface area contributed by atoms with Gasteiger partial charge in [-0.2, -0.15) is 5.26 Å². The SMILES string of the molecule is CCc1c(N[C@@H](C(=O)NNC(=O)c2ccccc2)[C@H](C)O)ccc(C#N)c1I. The predicted octanol–water partition coefficient (Wildman–Crippen LogP) is 2.35. The molecule has 146 valence electrons. The zero-order valence-electron chi connectivity index (χ0n) is 15.5. The fourth-order valence-corrected chi connectivity index (χ4v) is 3.59. The molecule has 4 N–H and O–H groups in total. The normalized spacial score (nSPS) is 12.4. The average Bonchev–Trinajstić information content (AvgIpc) is 2.70. The number of nitrogens with one attached hydrogen (secondary N) is 3. The molecule has 28 heavy (non-hydrogen) atoms. The van der Waals surface area contributed by atoms with Gasteiger partial charge in [-0.05, 0) is 65.8 Å². The second-order valence-electron chi connectivity index (χ2n) is 6.09. The zero-order valence-corrected chi connectivity index (χ0v) is 17.6. The molecule has 0 unspecified atom stereocenters. The standard InChI is InChI=1S/C20H21IN4O3/c1-3-15-16(10-9-14(11-22)17(15)21)23-18(12(2)26)20(28)25-24-19(27)13-7-5-4-6-8-13/h4-10,12,18,23,26H,3H2,1-2H3,(H,24,27)(H,25,28)/t12-,18+/m0/s1. The molecule has 0 aliphatic heterocycles. The second-order valence-corrected chi connectivity index (χ2v) is 7.17. The maximum Gasteiger partial charge on any atom is 0.269 e. The van der Waals surface area contributed by atoms with E-state index in [4.69, 9.17) is 0 Å². The summed E-state index contributed by atoms with van der Waals surface area (Å²) in [6.07, 6.45) is -0.374. The highest BCUT2D eigenvalue weighted by Gasteiger charge is 2.25. The number of benzene rings is 2. The smallest absolute Gasteiger partial charge is 0.269 e. The number of nitrogens with zero attached hydrogens (tertiary/aromatic N) is 1. The molecule has 0 bridgehead atoms. The lowest BCUT2D eigenvalue weighted by molar-refractivity contribution is -0.124. The molecule has 2 atom stereocenters. The third-order valence-corrected chi connectivity index (χ3v) is 5.36. The van der Waals surface area contributed by atoms with Crippen molar-refractivity contribution in [3.63, 3.8) is 0 Å². The van der Waals surface area contributed by atoms with Crippen LogP contribution in [0, 0.1) is 14.9 Å². The molecular weight excluding hydrogens is 471 g/mol. The summed E-state index contributed by atoms with van der Waals surface area (Å²) in [6, 6.07) is 13.0. The highest BCUT2D eigenvalue weighted by Crippen LogP contribution is 2.26. The first kappa shape index (κ1) is 21.7. The largest absolute Gasteiger partial charge is 0.391 e. The Labute approximate surface area is 177 Å². The molecule has 0 radical (unpaired) electrons. The first-order valence-corrected chi connectivity index (χ1v) is 9.78. The molecule has 8 heteroatoms. The third-order valence-electron chi connectivity index (χ3n) is 4.13. The molecule has 2 amide bonds. The first-order valence-electron chi connectivity index (χ1n) is 8.70. The molecule has 2 aromatic carbocycles. The number of aliphatic hydroxyl groups excluding tert-OH is 1. The van der Waals surface area contributed by atoms with E-state index in [1.54, 1.807) is 42.5 Å². The summed E-state index contributed by atoms with van der Waals surface area (Å²) in [6.45, 7) is 3.43. The van der Waals surface area contributed by atoms with Crippen LogP contribution < -0.4 is 16.2 Å². The maximum atomic E-state index is 12.5. The average molecular weight is 492 g/mol. The number of aliphatic hydroxyl groups is 1. The van der Waals surface area contributed by atoms with Gasteiger partial charge in [-0.25, -0.2) is 0 Å². The Balaban J connectivity index is 2.13. The first-order chi connectivity index (χ1) is 13.4. The molecule has 0 saturated heterocycles. The predicted molar refractivity (Wildman–Crippen MR) is 114 cm³/mol. The van der Waals surface area contributed by atoms with Gasteiger partial charge in [-0.15, -0.1) is 0 Å². The summed E-state index contributed by atoms with van der Waals surface area (Å²) < 4.78 is 0.801. The molecule has 2 rings (SSSR count). The van der Waals surface area contributed by atoms with Crippen molar-refractivity contribution in [1.82, 2.24) is 10.9 Å². The molecule has 0 saturated carbocycles. The lowest BCUT2D eigenvalue weighted by atomic mass is 10.0. The van der Waals surface area contributed by atoms with Crippen molar-refractivity contribution in [3.8, 4) is 6.07 Å². The van der Waals surface area contributed by atoms with E-state index in [-0.39, 0.29) is 0 Å². The molecule has 0 aliphatic carbocycles. The number of carbonyl (C=O) groups is 2. The van der Waals surface area contributed by atoms with E-state index < -0.39 is 24.0 Å². The Kier molecular flexibility index (Phi) is 7.78. The van der Waals surface area contributed by atoms with E-state index in [0.29, 0.717) is 23.2 Å². The van der Waals surface area contributed by atoms with E-state index in [1.807, 2.05) is 6.92 Å². The van der Waals surface area contributed by atoms with Gasteiger partial charge in [0.2, 0.25) is 0 Å². The van der Waals surface area contributed by atoms with Crippen LogP contribution in [0.5, 0.6) is 0 Å². The van der Waals surface area contributed by atoms with Crippen LogP contribution in [0.3, 0.4) is 0 Å². The van der Waals surface area contributed by atoms with Crippen LogP contribution >= 0.6 is 22.6 Å². The van der Waals surface area contributed by atoms with Crippen LogP contribution in [0.25, 0.3) is 0 Å². The van der Waals surface area contributed by atoms with Crippen LogP contribution in [0.15, 0.2) is 42.5 Å². The molecule has 0 fully saturated rings. The van der Waals surface area contributed by atoms with Crippen molar-refractivity contribution in [1.29, 1.82) is 5.26 Å². The van der Waals surface area contributed by atoms with Crippen molar-refractivity contribution >= 4 is 40.1 Å². The number of carbonyl (C=O) groups excluding carboxylic acids is 2. The summed E-state index contributed by atoms with van der Waals surface area (Å²) >= 11 is 2.10. The molecule has 0 spiro atoms. The number of hydrogen-bond acceptors (Lipinski definition) is 5. The van der Waals surface area contributed by atoms with Crippen LogP contribution in [-0.2, 0) is 11.2 Å². The second kappa shape index (κ2) is 10.1. The Bertz CT molecular complexity index is 894. The third kappa shape index (κ3) is 5.21. The van der Waals surface area contributed by atoms with Crippen molar-refractivity contribution in [2.24, 2.45) is 0 Å². The molecule has 0 aliphatic rings. The fraction of sp³-hybridized carbons (Fsp3) is 0.250. The number of amides is 2. The van der Waals surface area contributed by atoms with Gasteiger partial charge in [-0.1, -0.05) is 25.1 Å². The molecule has 2 aromatic rings. The van der Waals surface area contributed by atoms with Gasteiger partial charge in [-0.3, -0.25) is 20.4 Å². The van der Waals surface area contributed by atoms with Gasteiger partial charge in [0.25, 0.3) is 11.8 Å². The highest BCUT2D eigenvalue weighted by atomic mass is 127. The van der Waals surface area contributed by atoms with Gasteiger partial charge in [0.15, 0.2) is 0 Å². The number of rotatable bonds is 6. The minimum atomic E-state index is -1.02. The van der Waals surface area contributed by atoms with Gasteiger partial charge >= 0.3 is 0 Å². The number of hydrazine groups is 1. The van der Waals surface area contributed by atoms with E-state index in [1.165, 1.54) is 6.92 Å². The Hall–Kier alpha value is -2.64. The van der Waals surface area contributed by atoms with E-state index >= 15 is 0 Å². The van der Waals surface area contributed by atoms with Crippen molar-refractivity contribution in [2.75, 3.05) is 5.32 Å². The van der Waals surface area contributed by atoms with Gasteiger partial charge in [0.1, 0.15) is 12.1 Å². The number of halogens is 1. The van der Waals surface area contributed by atoms with Crippen LogP contribution in [0.4, 0.5) is 5.69 Å². The molecule has 0 heterocycles. The minimum Gasteiger partial charge on any atom is -0.391 e. The summed E-state index contributed by atoms with van der Waals surface area (Å²) in [4.78, 5) is 24.6. The van der Waals surface area contributed by atoms with Crippen molar-refractivity contribution < 1.29 is 14.7 Å². The van der Waals surface area contributed by atoms with E-state index in [0.717, 1.165) is 9.13 Å². The fourth-order valence-electron chi connectivity index (χ4n) is 2.62. The number of anilines is 1. The molecular formula is C20H21IN4O3. The van der Waals surface area contributed by atoms with Crippen LogP contribution in [0.1, 0.15) is 35.3 Å². The Morgan fingerprint density at radius 1 is 1.18 bits per heavy atom. The van der Waals surface area contributed by atoms with E-state index in [9.17, 15) is 20.0 Å². The lowest BCUT2D eigenvalue weighted by Crippen LogP contribution is -2.52. The van der Waals surface area contributed by atoms with E-state index in [2.05, 4.69) is 44.8 Å². The Morgan fingerprint density at radius 3 is 2.43 bits per heavy atom. The van der Waals surface area contributed by atoms with Gasteiger partial charge in [0, 0.05) is 14.8 Å². The maximum absolute atomic E-state index is 12.5. The highest BCUT2D eigenvalue weighted by molar-refractivity contribution is 14.1. The number of nitriles is 1. The monoisotopic (exact) mass is 492 g/mol. The van der Waals surface area contributed by atoms with Gasteiger partial charge < -0.3 is 10.4 Å². The van der Waals surface area contributed by atoms with Gasteiger partial charge in [0.05, 0.1) is 11.7 Å². The van der Waals surface area contributed by atoms with Crippen LogP contribution in [-0.4, -0.2) is 29.1 Å².